The molecule has 18 heavy (non-hydrogen) atoms. The van der Waals surface area contributed by atoms with Gasteiger partial charge in [0.25, 0.3) is 0 Å². The van der Waals surface area contributed by atoms with Gasteiger partial charge in [0.1, 0.15) is 5.75 Å². The van der Waals surface area contributed by atoms with Gasteiger partial charge in [-0.1, -0.05) is 0 Å². The van der Waals surface area contributed by atoms with Gasteiger partial charge in [-0.3, -0.25) is 0 Å². The van der Waals surface area contributed by atoms with E-state index >= 15 is 0 Å². The highest BCUT2D eigenvalue weighted by Gasteiger charge is 2.08. The van der Waals surface area contributed by atoms with Crippen LogP contribution in [-0.2, 0) is 0 Å². The second-order valence-corrected chi connectivity index (χ2v) is 5.15. The first-order valence-corrected chi connectivity index (χ1v) is 6.57. The Labute approximate surface area is 111 Å². The van der Waals surface area contributed by atoms with Gasteiger partial charge in [0.15, 0.2) is 0 Å². The fourth-order valence-electron chi connectivity index (χ4n) is 2.18. The van der Waals surface area contributed by atoms with E-state index < -0.39 is 0 Å². The van der Waals surface area contributed by atoms with Crippen LogP contribution in [0.15, 0.2) is 12.1 Å². The van der Waals surface area contributed by atoms with Crippen LogP contribution in [0.25, 0.3) is 0 Å². The maximum absolute atomic E-state index is 5.77. The molecule has 1 aromatic carbocycles. The Hall–Kier alpha value is -1.22. The lowest BCUT2D eigenvalue weighted by molar-refractivity contribution is 0.411. The van der Waals surface area contributed by atoms with Crippen LogP contribution in [0.1, 0.15) is 30.9 Å². The number of anilines is 1. The molecule has 0 aliphatic carbocycles. The van der Waals surface area contributed by atoms with Crippen molar-refractivity contribution in [2.24, 2.45) is 5.73 Å². The van der Waals surface area contributed by atoms with E-state index in [1.807, 2.05) is 0 Å². The summed E-state index contributed by atoms with van der Waals surface area (Å²) in [7, 11) is 3.85. The maximum Gasteiger partial charge on any atom is 0.122 e. The Bertz CT molecular complexity index is 388. The Kier molecular flexibility index (Phi) is 5.48. The molecular formula is C15H26N2O. The minimum absolute atomic E-state index is 0.289. The van der Waals surface area contributed by atoms with Gasteiger partial charge in [-0.05, 0) is 56.9 Å². The van der Waals surface area contributed by atoms with E-state index in [0.29, 0.717) is 0 Å². The molecule has 0 fully saturated rings. The highest BCUT2D eigenvalue weighted by molar-refractivity contribution is 5.58. The van der Waals surface area contributed by atoms with Crippen LogP contribution < -0.4 is 15.4 Å². The third-order valence-corrected chi connectivity index (χ3v) is 3.28. The van der Waals surface area contributed by atoms with E-state index in [1.165, 1.54) is 16.8 Å². The summed E-state index contributed by atoms with van der Waals surface area (Å²) < 4.78 is 5.34. The smallest absolute Gasteiger partial charge is 0.122 e. The highest BCUT2D eigenvalue weighted by Crippen LogP contribution is 2.28. The van der Waals surface area contributed by atoms with Crippen molar-refractivity contribution in [3.05, 3.63) is 23.3 Å². The lowest BCUT2D eigenvalue weighted by Gasteiger charge is -2.23. The van der Waals surface area contributed by atoms with Crippen LogP contribution in [0.4, 0.5) is 5.69 Å². The second kappa shape index (κ2) is 6.64. The number of nitrogens with zero attached hydrogens (tertiary/aromatic N) is 1. The number of rotatable bonds is 6. The average Bonchev–Trinajstić information content (AvgIpc) is 2.30. The van der Waals surface area contributed by atoms with Crippen molar-refractivity contribution in [2.75, 3.05) is 25.6 Å². The monoisotopic (exact) mass is 250 g/mol. The van der Waals surface area contributed by atoms with Crippen molar-refractivity contribution >= 4 is 5.69 Å². The summed E-state index contributed by atoms with van der Waals surface area (Å²) in [6.45, 7) is 7.30. The first-order valence-electron chi connectivity index (χ1n) is 6.57. The van der Waals surface area contributed by atoms with E-state index in [0.717, 1.165) is 25.1 Å². The van der Waals surface area contributed by atoms with E-state index in [4.69, 9.17) is 10.5 Å². The summed E-state index contributed by atoms with van der Waals surface area (Å²) >= 11 is 0. The van der Waals surface area contributed by atoms with Crippen LogP contribution in [0.5, 0.6) is 5.75 Å². The van der Waals surface area contributed by atoms with Crippen molar-refractivity contribution in [3.8, 4) is 5.75 Å². The Morgan fingerprint density at radius 3 is 2.50 bits per heavy atom. The number of methoxy groups -OCH3 is 1. The molecule has 0 aliphatic rings. The third-order valence-electron chi connectivity index (χ3n) is 3.28. The van der Waals surface area contributed by atoms with Gasteiger partial charge in [-0.2, -0.15) is 0 Å². The number of aryl methyl sites for hydroxylation is 2. The molecule has 0 saturated heterocycles. The van der Waals surface area contributed by atoms with E-state index in [2.05, 4.69) is 44.9 Å². The maximum atomic E-state index is 5.77. The normalized spacial score (nSPS) is 12.3. The Balaban J connectivity index is 2.73. The third kappa shape index (κ3) is 3.91. The van der Waals surface area contributed by atoms with E-state index in [9.17, 15) is 0 Å². The fraction of sp³-hybridized carbons (Fsp3) is 0.600. The van der Waals surface area contributed by atoms with Crippen molar-refractivity contribution in [3.63, 3.8) is 0 Å². The first kappa shape index (κ1) is 14.8. The predicted molar refractivity (Wildman–Crippen MR) is 78.6 cm³/mol. The van der Waals surface area contributed by atoms with Gasteiger partial charge < -0.3 is 15.4 Å². The van der Waals surface area contributed by atoms with Gasteiger partial charge in [-0.25, -0.2) is 0 Å². The molecule has 0 bridgehead atoms. The SMILES string of the molecule is COc1cc(C)c(N(C)CCCC(C)N)cc1C. The molecule has 0 saturated carbocycles. The lowest BCUT2D eigenvalue weighted by Crippen LogP contribution is -2.22. The summed E-state index contributed by atoms with van der Waals surface area (Å²) in [5.41, 5.74) is 9.48. The number of hydrogen-bond donors (Lipinski definition) is 1. The molecule has 0 aliphatic heterocycles. The van der Waals surface area contributed by atoms with E-state index in [1.54, 1.807) is 7.11 Å². The zero-order chi connectivity index (χ0) is 13.7. The molecule has 3 nitrogen and oxygen atoms in total. The molecule has 0 aromatic heterocycles. The van der Waals surface area contributed by atoms with Crippen molar-refractivity contribution in [2.45, 2.75) is 39.7 Å². The summed E-state index contributed by atoms with van der Waals surface area (Å²) in [5, 5.41) is 0. The molecule has 1 aromatic rings. The van der Waals surface area contributed by atoms with Gasteiger partial charge in [0.2, 0.25) is 0 Å². The van der Waals surface area contributed by atoms with Crippen LogP contribution in [0, 0.1) is 13.8 Å². The molecule has 0 radical (unpaired) electrons. The zero-order valence-electron chi connectivity index (χ0n) is 12.3. The second-order valence-electron chi connectivity index (χ2n) is 5.15. The number of nitrogens with two attached hydrogens (primary N) is 1. The summed E-state index contributed by atoms with van der Waals surface area (Å²) in [5.74, 6) is 0.959. The van der Waals surface area contributed by atoms with Crippen molar-refractivity contribution in [1.82, 2.24) is 0 Å². The first-order chi connectivity index (χ1) is 8.45. The van der Waals surface area contributed by atoms with Crippen molar-refractivity contribution in [1.29, 1.82) is 0 Å². The summed E-state index contributed by atoms with van der Waals surface area (Å²) in [6.07, 6.45) is 2.19. The molecule has 0 spiro atoms. The fourth-order valence-corrected chi connectivity index (χ4v) is 2.18. The van der Waals surface area contributed by atoms with Crippen LogP contribution in [0.2, 0.25) is 0 Å². The number of ether oxygens (including phenoxy) is 1. The topological polar surface area (TPSA) is 38.5 Å². The summed E-state index contributed by atoms with van der Waals surface area (Å²) in [6, 6.07) is 4.59. The van der Waals surface area contributed by atoms with Gasteiger partial charge in [0, 0.05) is 25.3 Å². The number of hydrogen-bond acceptors (Lipinski definition) is 3. The van der Waals surface area contributed by atoms with E-state index in [-0.39, 0.29) is 6.04 Å². The van der Waals surface area contributed by atoms with Gasteiger partial charge in [-0.15, -0.1) is 0 Å². The van der Waals surface area contributed by atoms with Crippen LogP contribution >= 0.6 is 0 Å². The minimum atomic E-state index is 0.289. The lowest BCUT2D eigenvalue weighted by atomic mass is 10.1. The molecule has 0 heterocycles. The van der Waals surface area contributed by atoms with Gasteiger partial charge >= 0.3 is 0 Å². The molecule has 3 heteroatoms. The molecule has 1 rings (SSSR count). The largest absolute Gasteiger partial charge is 0.496 e. The minimum Gasteiger partial charge on any atom is -0.496 e. The molecule has 0 amide bonds. The molecule has 102 valence electrons. The Morgan fingerprint density at radius 1 is 1.28 bits per heavy atom. The molecule has 1 atom stereocenters. The van der Waals surface area contributed by atoms with Crippen molar-refractivity contribution < 1.29 is 4.74 Å². The summed E-state index contributed by atoms with van der Waals surface area (Å²) in [4.78, 5) is 2.30. The molecular weight excluding hydrogens is 224 g/mol. The predicted octanol–water partition coefficient (Wildman–Crippen LogP) is 2.88. The van der Waals surface area contributed by atoms with Crippen LogP contribution in [0.3, 0.4) is 0 Å². The average molecular weight is 250 g/mol. The molecule has 1 unspecified atom stereocenters. The highest BCUT2D eigenvalue weighted by atomic mass is 16.5. The number of benzene rings is 1. The quantitative estimate of drug-likeness (QED) is 0.843. The zero-order valence-corrected chi connectivity index (χ0v) is 12.3. The standard InChI is InChI=1S/C15H26N2O/c1-11-10-15(18-5)12(2)9-14(11)17(4)8-6-7-13(3)16/h9-10,13H,6-8,16H2,1-5H3. The molecule has 2 N–H and O–H groups in total. The Morgan fingerprint density at radius 2 is 1.94 bits per heavy atom. The van der Waals surface area contributed by atoms with Crippen LogP contribution in [-0.4, -0.2) is 26.7 Å². The van der Waals surface area contributed by atoms with Gasteiger partial charge in [0.05, 0.1) is 7.11 Å².